The zero-order chi connectivity index (χ0) is 20.3. The third-order valence-corrected chi connectivity index (χ3v) is 6.05. The van der Waals surface area contributed by atoms with Crippen LogP contribution in [-0.2, 0) is 15.6 Å². The summed E-state index contributed by atoms with van der Waals surface area (Å²) in [5, 5.41) is 6.49. The highest BCUT2D eigenvalue weighted by Gasteiger charge is 2.13. The summed E-state index contributed by atoms with van der Waals surface area (Å²) in [4.78, 5) is 6.62. The fraction of sp³-hybridized carbons (Fsp3) is 0.650. The van der Waals surface area contributed by atoms with Crippen molar-refractivity contribution in [3.05, 3.63) is 35.9 Å². The number of benzene rings is 1. The first-order valence-electron chi connectivity index (χ1n) is 9.69. The zero-order valence-corrected chi connectivity index (χ0v) is 21.0. The Balaban J connectivity index is 0.00000729. The van der Waals surface area contributed by atoms with Crippen LogP contribution in [0, 0.1) is 0 Å². The van der Waals surface area contributed by atoms with E-state index in [0.717, 1.165) is 18.7 Å². The molecular weight excluding hydrogens is 487 g/mol. The molecule has 0 heterocycles. The van der Waals surface area contributed by atoms with Gasteiger partial charge in [-0.15, -0.1) is 24.0 Å². The number of halogens is 1. The minimum absolute atomic E-state index is 0. The van der Waals surface area contributed by atoms with E-state index in [1.807, 2.05) is 30.3 Å². The number of guanidine groups is 1. The smallest absolute Gasteiger partial charge is 0.191 e. The predicted molar refractivity (Wildman–Crippen MR) is 130 cm³/mol. The first kappa shape index (κ1) is 27.1. The Kier molecular flexibility index (Phi) is 13.7. The van der Waals surface area contributed by atoms with Crippen LogP contribution >= 0.6 is 24.0 Å². The highest BCUT2D eigenvalue weighted by atomic mass is 127. The number of sulfone groups is 1. The molecule has 0 aliphatic rings. The molecule has 0 atom stereocenters. The lowest BCUT2D eigenvalue weighted by Gasteiger charge is -2.30. The summed E-state index contributed by atoms with van der Waals surface area (Å²) < 4.78 is 24.4. The lowest BCUT2D eigenvalue weighted by atomic mass is 10.2. The molecule has 2 N–H and O–H groups in total. The monoisotopic (exact) mass is 524 g/mol. The molecule has 1 aromatic carbocycles. The summed E-state index contributed by atoms with van der Waals surface area (Å²) in [7, 11) is -1.37. The van der Waals surface area contributed by atoms with Crippen LogP contribution in [0.25, 0.3) is 0 Å². The van der Waals surface area contributed by atoms with Crippen LogP contribution in [0.4, 0.5) is 0 Å². The molecule has 28 heavy (non-hydrogen) atoms. The molecule has 0 aliphatic carbocycles. The summed E-state index contributed by atoms with van der Waals surface area (Å²) in [5.41, 5.74) is 0.836. The molecule has 0 bridgehead atoms. The number of aliphatic imine (C=N–C) groups is 1. The molecule has 162 valence electrons. The molecule has 0 radical (unpaired) electrons. The first-order valence-corrected chi connectivity index (χ1v) is 11.5. The Bertz CT molecular complexity index is 656. The van der Waals surface area contributed by atoms with Gasteiger partial charge in [-0.1, -0.05) is 30.3 Å². The van der Waals surface area contributed by atoms with Crippen LogP contribution in [0.15, 0.2) is 35.3 Å². The Morgan fingerprint density at radius 1 is 1.04 bits per heavy atom. The van der Waals surface area contributed by atoms with Crippen LogP contribution in [0.2, 0.25) is 0 Å². The van der Waals surface area contributed by atoms with Gasteiger partial charge < -0.3 is 10.6 Å². The van der Waals surface area contributed by atoms with Crippen molar-refractivity contribution in [3.8, 4) is 0 Å². The van der Waals surface area contributed by atoms with E-state index in [4.69, 9.17) is 0 Å². The van der Waals surface area contributed by atoms with Gasteiger partial charge in [0.25, 0.3) is 0 Å². The third-order valence-electron chi connectivity index (χ3n) is 4.37. The van der Waals surface area contributed by atoms with Crippen molar-refractivity contribution in [2.45, 2.75) is 52.0 Å². The molecule has 0 amide bonds. The maximum atomic E-state index is 12.2. The average Bonchev–Trinajstić information content (AvgIpc) is 2.60. The second kappa shape index (κ2) is 14.2. The maximum Gasteiger partial charge on any atom is 0.191 e. The van der Waals surface area contributed by atoms with Crippen molar-refractivity contribution in [1.82, 2.24) is 15.5 Å². The fourth-order valence-corrected chi connectivity index (χ4v) is 4.46. The van der Waals surface area contributed by atoms with E-state index in [1.54, 1.807) is 7.05 Å². The predicted octanol–water partition coefficient (Wildman–Crippen LogP) is 2.89. The molecule has 8 heteroatoms. The van der Waals surface area contributed by atoms with Crippen LogP contribution < -0.4 is 10.6 Å². The molecule has 6 nitrogen and oxygen atoms in total. The molecule has 0 aliphatic heterocycles. The Hall–Kier alpha value is -0.870. The number of rotatable bonds is 11. The second-order valence-corrected chi connectivity index (χ2v) is 9.47. The topological polar surface area (TPSA) is 73.8 Å². The van der Waals surface area contributed by atoms with E-state index in [1.165, 1.54) is 0 Å². The summed E-state index contributed by atoms with van der Waals surface area (Å²) in [6.07, 6.45) is 0.556. The van der Waals surface area contributed by atoms with Crippen LogP contribution in [0.5, 0.6) is 0 Å². The molecule has 0 saturated heterocycles. The van der Waals surface area contributed by atoms with Crippen LogP contribution in [-0.4, -0.2) is 63.8 Å². The van der Waals surface area contributed by atoms with Gasteiger partial charge in [0.2, 0.25) is 0 Å². The standard InChI is InChI=1S/C20H36N4O2S.HI/c1-17(2)24(18(3)4)14-13-23-20(21-5)22-12-9-15-27(25,26)16-19-10-7-6-8-11-19;/h6-8,10-11,17-18H,9,12-16H2,1-5H3,(H2,21,22,23);1H. The Morgan fingerprint density at radius 2 is 1.61 bits per heavy atom. The molecule has 0 unspecified atom stereocenters. The lowest BCUT2D eigenvalue weighted by molar-refractivity contribution is 0.178. The van der Waals surface area contributed by atoms with Gasteiger partial charge in [0, 0.05) is 38.8 Å². The Morgan fingerprint density at radius 3 is 2.14 bits per heavy atom. The molecule has 0 spiro atoms. The van der Waals surface area contributed by atoms with Crippen molar-refractivity contribution >= 4 is 39.8 Å². The number of nitrogens with zero attached hydrogens (tertiary/aromatic N) is 2. The quantitative estimate of drug-likeness (QED) is 0.202. The second-order valence-electron chi connectivity index (χ2n) is 7.28. The van der Waals surface area contributed by atoms with Crippen molar-refractivity contribution in [3.63, 3.8) is 0 Å². The van der Waals surface area contributed by atoms with E-state index in [2.05, 4.69) is 48.2 Å². The van der Waals surface area contributed by atoms with Crippen molar-refractivity contribution in [1.29, 1.82) is 0 Å². The molecule has 0 fully saturated rings. The highest BCUT2D eigenvalue weighted by Crippen LogP contribution is 2.07. The van der Waals surface area contributed by atoms with Gasteiger partial charge in [-0.3, -0.25) is 9.89 Å². The van der Waals surface area contributed by atoms with Crippen molar-refractivity contribution < 1.29 is 8.42 Å². The summed E-state index contributed by atoms with van der Waals surface area (Å²) >= 11 is 0. The van der Waals surface area contributed by atoms with Crippen molar-refractivity contribution in [2.75, 3.05) is 32.4 Å². The van der Waals surface area contributed by atoms with Gasteiger partial charge in [0.05, 0.1) is 11.5 Å². The summed E-state index contributed by atoms with van der Waals surface area (Å²) in [6.45, 7) is 11.1. The van der Waals surface area contributed by atoms with E-state index >= 15 is 0 Å². The molecule has 1 aromatic rings. The van der Waals surface area contributed by atoms with Crippen LogP contribution in [0.3, 0.4) is 0 Å². The average molecular weight is 525 g/mol. The third kappa shape index (κ3) is 11.2. The lowest BCUT2D eigenvalue weighted by Crippen LogP contribution is -2.45. The minimum Gasteiger partial charge on any atom is -0.356 e. The van der Waals surface area contributed by atoms with E-state index in [-0.39, 0.29) is 35.5 Å². The zero-order valence-electron chi connectivity index (χ0n) is 17.8. The van der Waals surface area contributed by atoms with Crippen LogP contribution in [0.1, 0.15) is 39.7 Å². The SMILES string of the molecule is CN=C(NCCCS(=O)(=O)Cc1ccccc1)NCCN(C(C)C)C(C)C.I. The molecule has 0 aromatic heterocycles. The normalized spacial score (nSPS) is 12.4. The van der Waals surface area contributed by atoms with Gasteiger partial charge in [-0.2, -0.15) is 0 Å². The largest absolute Gasteiger partial charge is 0.356 e. The highest BCUT2D eigenvalue weighted by molar-refractivity contribution is 14.0. The number of hydrogen-bond donors (Lipinski definition) is 2. The van der Waals surface area contributed by atoms with E-state index in [0.29, 0.717) is 31.0 Å². The first-order chi connectivity index (χ1) is 12.7. The van der Waals surface area contributed by atoms with E-state index < -0.39 is 9.84 Å². The number of nitrogens with one attached hydrogen (secondary N) is 2. The molecule has 0 saturated carbocycles. The molecular formula is C20H37IN4O2S. The van der Waals surface area contributed by atoms with Crippen molar-refractivity contribution in [2.24, 2.45) is 4.99 Å². The fourth-order valence-electron chi connectivity index (χ4n) is 3.04. The molecule has 1 rings (SSSR count). The maximum absolute atomic E-state index is 12.2. The van der Waals surface area contributed by atoms with Gasteiger partial charge in [0.15, 0.2) is 15.8 Å². The summed E-state index contributed by atoms with van der Waals surface area (Å²) in [5.74, 6) is 0.976. The minimum atomic E-state index is -3.09. The van der Waals surface area contributed by atoms with Gasteiger partial charge >= 0.3 is 0 Å². The Labute approximate surface area is 188 Å². The summed E-state index contributed by atoms with van der Waals surface area (Å²) in [6, 6.07) is 10.3. The van der Waals surface area contributed by atoms with E-state index in [9.17, 15) is 8.42 Å². The van der Waals surface area contributed by atoms with Gasteiger partial charge in [-0.25, -0.2) is 8.42 Å². The number of hydrogen-bond acceptors (Lipinski definition) is 4. The van der Waals surface area contributed by atoms with Gasteiger partial charge in [0.1, 0.15) is 0 Å². The van der Waals surface area contributed by atoms with Gasteiger partial charge in [-0.05, 0) is 39.7 Å².